The highest BCUT2D eigenvalue weighted by molar-refractivity contribution is 8.00. The van der Waals surface area contributed by atoms with Crippen molar-refractivity contribution < 1.29 is 10.0 Å². The summed E-state index contributed by atoms with van der Waals surface area (Å²) in [5.41, 5.74) is 5.27. The molecule has 0 saturated carbocycles. The van der Waals surface area contributed by atoms with Gasteiger partial charge >= 0.3 is 0 Å². The second-order valence-corrected chi connectivity index (χ2v) is 4.34. The summed E-state index contributed by atoms with van der Waals surface area (Å²) >= 11 is 1.47. The van der Waals surface area contributed by atoms with Crippen molar-refractivity contribution in [1.82, 2.24) is 5.32 Å². The first-order valence-electron chi connectivity index (χ1n) is 5.13. The lowest BCUT2D eigenvalue weighted by atomic mass is 10.4. The largest absolute Gasteiger partial charge is 0.409 e. The summed E-state index contributed by atoms with van der Waals surface area (Å²) < 4.78 is 0. The lowest BCUT2D eigenvalue weighted by Crippen LogP contribution is -2.29. The van der Waals surface area contributed by atoms with Gasteiger partial charge < -0.3 is 16.3 Å². The molecule has 0 aliphatic rings. The number of carbonyl (C=O) groups is 1. The molecule has 0 unspecified atom stereocenters. The van der Waals surface area contributed by atoms with E-state index in [1.54, 1.807) is 0 Å². The highest BCUT2D eigenvalue weighted by Crippen LogP contribution is 2.15. The topological polar surface area (TPSA) is 87.7 Å². The van der Waals surface area contributed by atoms with Crippen molar-refractivity contribution in [3.05, 3.63) is 30.3 Å². The lowest BCUT2D eigenvalue weighted by Gasteiger charge is -2.04. The van der Waals surface area contributed by atoms with Crippen LogP contribution in [0.4, 0.5) is 0 Å². The van der Waals surface area contributed by atoms with Crippen molar-refractivity contribution in [2.75, 3.05) is 12.3 Å². The molecule has 0 spiro atoms. The fourth-order valence-electron chi connectivity index (χ4n) is 1.10. The van der Waals surface area contributed by atoms with Crippen LogP contribution in [0.15, 0.2) is 40.4 Å². The molecule has 0 saturated heterocycles. The van der Waals surface area contributed by atoms with Gasteiger partial charge in [0.1, 0.15) is 5.84 Å². The summed E-state index contributed by atoms with van der Waals surface area (Å²) in [5, 5.41) is 13.8. The Kier molecular flexibility index (Phi) is 5.95. The second kappa shape index (κ2) is 7.56. The SMILES string of the molecule is NC(CCNC(=O)CSc1ccccc1)=NO. The van der Waals surface area contributed by atoms with Gasteiger partial charge in [-0.05, 0) is 12.1 Å². The lowest BCUT2D eigenvalue weighted by molar-refractivity contribution is -0.118. The van der Waals surface area contributed by atoms with Crippen LogP contribution < -0.4 is 11.1 Å². The second-order valence-electron chi connectivity index (χ2n) is 3.29. The van der Waals surface area contributed by atoms with E-state index in [1.807, 2.05) is 30.3 Å². The number of amidine groups is 1. The summed E-state index contributed by atoms with van der Waals surface area (Å²) in [5.74, 6) is 0.408. The summed E-state index contributed by atoms with van der Waals surface area (Å²) in [7, 11) is 0. The first kappa shape index (κ1) is 13.4. The van der Waals surface area contributed by atoms with Gasteiger partial charge in [-0.3, -0.25) is 4.79 Å². The molecule has 4 N–H and O–H groups in total. The quantitative estimate of drug-likeness (QED) is 0.232. The number of thioether (sulfide) groups is 1. The van der Waals surface area contributed by atoms with Gasteiger partial charge in [-0.25, -0.2) is 0 Å². The number of amides is 1. The Labute approximate surface area is 104 Å². The van der Waals surface area contributed by atoms with E-state index in [-0.39, 0.29) is 11.7 Å². The minimum atomic E-state index is -0.0652. The van der Waals surface area contributed by atoms with Gasteiger partial charge in [-0.1, -0.05) is 23.4 Å². The van der Waals surface area contributed by atoms with E-state index in [0.717, 1.165) is 4.90 Å². The van der Waals surface area contributed by atoms with Crippen LogP contribution in [0.2, 0.25) is 0 Å². The predicted molar refractivity (Wildman–Crippen MR) is 68.2 cm³/mol. The highest BCUT2D eigenvalue weighted by atomic mass is 32.2. The maximum atomic E-state index is 11.4. The van der Waals surface area contributed by atoms with Gasteiger partial charge in [-0.15, -0.1) is 11.8 Å². The molecule has 17 heavy (non-hydrogen) atoms. The molecule has 6 heteroatoms. The zero-order valence-corrected chi connectivity index (χ0v) is 10.1. The molecule has 1 aromatic rings. The van der Waals surface area contributed by atoms with Crippen molar-refractivity contribution in [3.8, 4) is 0 Å². The molecule has 0 aliphatic heterocycles. The Morgan fingerprint density at radius 2 is 2.12 bits per heavy atom. The van der Waals surface area contributed by atoms with Crippen LogP contribution in [-0.2, 0) is 4.79 Å². The summed E-state index contributed by atoms with van der Waals surface area (Å²) in [4.78, 5) is 12.5. The van der Waals surface area contributed by atoms with E-state index in [2.05, 4.69) is 10.5 Å². The Morgan fingerprint density at radius 3 is 2.76 bits per heavy atom. The van der Waals surface area contributed by atoms with E-state index in [4.69, 9.17) is 10.9 Å². The third kappa shape index (κ3) is 5.82. The number of rotatable bonds is 6. The number of benzene rings is 1. The van der Waals surface area contributed by atoms with E-state index in [9.17, 15) is 4.79 Å². The average Bonchev–Trinajstić information content (AvgIpc) is 2.37. The molecule has 5 nitrogen and oxygen atoms in total. The standard InChI is InChI=1S/C11H15N3O2S/c12-10(14-16)6-7-13-11(15)8-17-9-4-2-1-3-5-9/h1-5,16H,6-8H2,(H2,12,14)(H,13,15). The highest BCUT2D eigenvalue weighted by Gasteiger charge is 2.02. The molecule has 1 aromatic carbocycles. The van der Waals surface area contributed by atoms with Crippen LogP contribution in [0.25, 0.3) is 0 Å². The van der Waals surface area contributed by atoms with Crippen LogP contribution >= 0.6 is 11.8 Å². The first-order chi connectivity index (χ1) is 8.22. The van der Waals surface area contributed by atoms with E-state index in [1.165, 1.54) is 11.8 Å². The van der Waals surface area contributed by atoms with Gasteiger partial charge in [-0.2, -0.15) is 0 Å². The fraction of sp³-hybridized carbons (Fsp3) is 0.273. The van der Waals surface area contributed by atoms with Crippen LogP contribution in [0.5, 0.6) is 0 Å². The Morgan fingerprint density at radius 1 is 1.41 bits per heavy atom. The van der Waals surface area contributed by atoms with Gasteiger partial charge in [0.05, 0.1) is 5.75 Å². The molecule has 1 rings (SSSR count). The Balaban J connectivity index is 2.18. The summed E-state index contributed by atoms with van der Waals surface area (Å²) in [6.07, 6.45) is 0.345. The Hall–Kier alpha value is -1.69. The summed E-state index contributed by atoms with van der Waals surface area (Å²) in [6, 6.07) is 9.70. The molecular formula is C11H15N3O2S. The zero-order chi connectivity index (χ0) is 12.5. The van der Waals surface area contributed by atoms with Crippen molar-refractivity contribution >= 4 is 23.5 Å². The van der Waals surface area contributed by atoms with Crippen molar-refractivity contribution in [1.29, 1.82) is 0 Å². The molecule has 1 amide bonds. The molecule has 92 valence electrons. The van der Waals surface area contributed by atoms with Crippen LogP contribution in [-0.4, -0.2) is 29.2 Å². The van der Waals surface area contributed by atoms with Gasteiger partial charge in [0.25, 0.3) is 0 Å². The normalized spacial score (nSPS) is 11.2. The monoisotopic (exact) mass is 253 g/mol. The van der Waals surface area contributed by atoms with Gasteiger partial charge in [0.2, 0.25) is 5.91 Å². The fourth-order valence-corrected chi connectivity index (χ4v) is 1.85. The number of oxime groups is 1. The molecule has 0 aliphatic carbocycles. The molecule has 0 heterocycles. The molecular weight excluding hydrogens is 238 g/mol. The predicted octanol–water partition coefficient (Wildman–Crippen LogP) is 1.03. The molecule has 0 bridgehead atoms. The maximum absolute atomic E-state index is 11.4. The number of carbonyl (C=O) groups excluding carboxylic acids is 1. The smallest absolute Gasteiger partial charge is 0.230 e. The van der Waals surface area contributed by atoms with E-state index >= 15 is 0 Å². The number of hydrogen-bond acceptors (Lipinski definition) is 4. The number of nitrogens with two attached hydrogens (primary N) is 1. The average molecular weight is 253 g/mol. The molecule has 0 aromatic heterocycles. The minimum Gasteiger partial charge on any atom is -0.409 e. The summed E-state index contributed by atoms with van der Waals surface area (Å²) in [6.45, 7) is 0.379. The van der Waals surface area contributed by atoms with Gasteiger partial charge in [0, 0.05) is 17.9 Å². The molecule has 0 atom stereocenters. The Bertz CT molecular complexity index is 382. The zero-order valence-electron chi connectivity index (χ0n) is 9.30. The number of hydrogen-bond donors (Lipinski definition) is 3. The van der Waals surface area contributed by atoms with E-state index in [0.29, 0.717) is 18.7 Å². The van der Waals surface area contributed by atoms with Crippen LogP contribution in [0, 0.1) is 0 Å². The number of nitrogens with one attached hydrogen (secondary N) is 1. The third-order valence-corrected chi connectivity index (χ3v) is 2.96. The third-order valence-electron chi connectivity index (χ3n) is 1.94. The van der Waals surface area contributed by atoms with Crippen molar-refractivity contribution in [3.63, 3.8) is 0 Å². The minimum absolute atomic E-state index is 0.0652. The molecule has 0 fully saturated rings. The molecule has 0 radical (unpaired) electrons. The van der Waals surface area contributed by atoms with E-state index < -0.39 is 0 Å². The number of nitrogens with zero attached hydrogens (tertiary/aromatic N) is 1. The van der Waals surface area contributed by atoms with Crippen molar-refractivity contribution in [2.45, 2.75) is 11.3 Å². The van der Waals surface area contributed by atoms with Crippen LogP contribution in [0.1, 0.15) is 6.42 Å². The van der Waals surface area contributed by atoms with Gasteiger partial charge in [0.15, 0.2) is 0 Å². The van der Waals surface area contributed by atoms with Crippen molar-refractivity contribution in [2.24, 2.45) is 10.9 Å². The maximum Gasteiger partial charge on any atom is 0.230 e. The first-order valence-corrected chi connectivity index (χ1v) is 6.12. The van der Waals surface area contributed by atoms with Crippen LogP contribution in [0.3, 0.4) is 0 Å².